The molecule has 0 aliphatic heterocycles. The fourth-order valence-corrected chi connectivity index (χ4v) is 2.28. The fourth-order valence-electron chi connectivity index (χ4n) is 2.10. The van der Waals surface area contributed by atoms with E-state index in [1.807, 2.05) is 36.4 Å². The van der Waals surface area contributed by atoms with E-state index >= 15 is 0 Å². The van der Waals surface area contributed by atoms with Gasteiger partial charge in [0.05, 0.1) is 30.8 Å². The third kappa shape index (κ3) is 2.18. The Hall–Kier alpha value is -2.20. The zero-order chi connectivity index (χ0) is 14.1. The van der Waals surface area contributed by atoms with E-state index < -0.39 is 0 Å². The maximum Gasteiger partial charge on any atom is 0.142 e. The van der Waals surface area contributed by atoms with Crippen LogP contribution in [-0.4, -0.2) is 24.2 Å². The summed E-state index contributed by atoms with van der Waals surface area (Å²) in [5.74, 6) is 2.18. The molecule has 4 nitrogen and oxygen atoms in total. The molecule has 0 aliphatic rings. The summed E-state index contributed by atoms with van der Waals surface area (Å²) in [5, 5.41) is 0.675. The molecule has 0 spiro atoms. The van der Waals surface area contributed by atoms with Crippen LogP contribution < -0.4 is 9.47 Å². The topological polar surface area (TPSA) is 47.1 Å². The highest BCUT2D eigenvalue weighted by atomic mass is 35.5. The third-order valence-corrected chi connectivity index (χ3v) is 3.34. The molecule has 0 saturated carbocycles. The van der Waals surface area contributed by atoms with Gasteiger partial charge in [0, 0.05) is 11.1 Å². The number of hydrogen-bond acceptors (Lipinski definition) is 3. The number of halogens is 1. The molecule has 0 amide bonds. The van der Waals surface area contributed by atoms with Crippen LogP contribution in [-0.2, 0) is 0 Å². The minimum Gasteiger partial charge on any atom is -0.497 e. The van der Waals surface area contributed by atoms with Gasteiger partial charge in [0.1, 0.15) is 17.3 Å². The van der Waals surface area contributed by atoms with Crippen molar-refractivity contribution >= 4 is 22.6 Å². The van der Waals surface area contributed by atoms with Crippen molar-refractivity contribution in [3.63, 3.8) is 0 Å². The van der Waals surface area contributed by atoms with Crippen molar-refractivity contribution in [2.24, 2.45) is 0 Å². The van der Waals surface area contributed by atoms with E-state index in [2.05, 4.69) is 9.97 Å². The highest BCUT2D eigenvalue weighted by molar-refractivity contribution is 6.31. The molecule has 2 aromatic carbocycles. The second kappa shape index (κ2) is 5.06. The van der Waals surface area contributed by atoms with Gasteiger partial charge < -0.3 is 14.5 Å². The zero-order valence-corrected chi connectivity index (χ0v) is 11.9. The Kier molecular flexibility index (Phi) is 3.24. The molecule has 0 atom stereocenters. The molecule has 0 bridgehead atoms. The number of benzene rings is 2. The lowest BCUT2D eigenvalue weighted by Crippen LogP contribution is -1.91. The highest BCUT2D eigenvalue weighted by Gasteiger charge is 2.11. The van der Waals surface area contributed by atoms with Crippen molar-refractivity contribution in [3.8, 4) is 22.9 Å². The Morgan fingerprint density at radius 2 is 1.90 bits per heavy atom. The second-order valence-electron chi connectivity index (χ2n) is 4.31. The second-order valence-corrected chi connectivity index (χ2v) is 4.75. The van der Waals surface area contributed by atoms with Crippen molar-refractivity contribution in [2.75, 3.05) is 14.2 Å². The highest BCUT2D eigenvalue weighted by Crippen LogP contribution is 2.33. The first-order valence-corrected chi connectivity index (χ1v) is 6.46. The van der Waals surface area contributed by atoms with E-state index in [4.69, 9.17) is 21.1 Å². The Labute approximate surface area is 121 Å². The van der Waals surface area contributed by atoms with Gasteiger partial charge in [-0.2, -0.15) is 0 Å². The van der Waals surface area contributed by atoms with Crippen molar-refractivity contribution in [2.45, 2.75) is 0 Å². The van der Waals surface area contributed by atoms with Gasteiger partial charge >= 0.3 is 0 Å². The molecule has 102 valence electrons. The predicted molar refractivity (Wildman–Crippen MR) is 79.6 cm³/mol. The Bertz CT molecular complexity index is 768. The zero-order valence-electron chi connectivity index (χ0n) is 11.1. The van der Waals surface area contributed by atoms with E-state index in [-0.39, 0.29) is 0 Å². The van der Waals surface area contributed by atoms with Crippen LogP contribution >= 0.6 is 11.6 Å². The maximum absolute atomic E-state index is 5.98. The van der Waals surface area contributed by atoms with Gasteiger partial charge in [0.2, 0.25) is 0 Å². The molecule has 3 rings (SSSR count). The molecule has 1 aromatic heterocycles. The van der Waals surface area contributed by atoms with Gasteiger partial charge in [-0.1, -0.05) is 11.6 Å². The van der Waals surface area contributed by atoms with Gasteiger partial charge in [-0.05, 0) is 30.3 Å². The number of nitrogens with zero attached hydrogens (tertiary/aromatic N) is 1. The van der Waals surface area contributed by atoms with Crippen LogP contribution in [0.5, 0.6) is 11.5 Å². The number of aromatic amines is 1. The maximum atomic E-state index is 5.98. The molecule has 0 unspecified atom stereocenters. The van der Waals surface area contributed by atoms with E-state index in [1.54, 1.807) is 14.2 Å². The Balaban J connectivity index is 2.14. The average molecular weight is 289 g/mol. The minimum atomic E-state index is 0.675. The van der Waals surface area contributed by atoms with Crippen LogP contribution in [0.15, 0.2) is 36.4 Å². The van der Waals surface area contributed by atoms with Gasteiger partial charge in [0.25, 0.3) is 0 Å². The van der Waals surface area contributed by atoms with Crippen LogP contribution in [0.4, 0.5) is 0 Å². The normalized spacial score (nSPS) is 10.8. The molecule has 5 heteroatoms. The van der Waals surface area contributed by atoms with E-state index in [0.29, 0.717) is 10.8 Å². The number of rotatable bonds is 3. The summed E-state index contributed by atoms with van der Waals surface area (Å²) in [6, 6.07) is 11.2. The van der Waals surface area contributed by atoms with E-state index in [1.165, 1.54) is 0 Å². The van der Waals surface area contributed by atoms with Crippen LogP contribution in [0.25, 0.3) is 22.4 Å². The molecule has 20 heavy (non-hydrogen) atoms. The summed E-state index contributed by atoms with van der Waals surface area (Å²) in [6.45, 7) is 0. The van der Waals surface area contributed by atoms with E-state index in [0.717, 1.165) is 28.2 Å². The van der Waals surface area contributed by atoms with Crippen molar-refractivity contribution in [3.05, 3.63) is 41.4 Å². The molecule has 1 heterocycles. The smallest absolute Gasteiger partial charge is 0.142 e. The molecule has 0 radical (unpaired) electrons. The van der Waals surface area contributed by atoms with Crippen molar-refractivity contribution in [1.82, 2.24) is 9.97 Å². The largest absolute Gasteiger partial charge is 0.497 e. The molecular weight excluding hydrogens is 276 g/mol. The van der Waals surface area contributed by atoms with Crippen LogP contribution in [0, 0.1) is 0 Å². The van der Waals surface area contributed by atoms with Crippen LogP contribution in [0.3, 0.4) is 0 Å². The first kappa shape index (κ1) is 12.8. The number of ether oxygens (including phenoxy) is 2. The number of nitrogens with one attached hydrogen (secondary N) is 1. The number of hydrogen-bond donors (Lipinski definition) is 1. The lowest BCUT2D eigenvalue weighted by molar-refractivity contribution is 0.395. The van der Waals surface area contributed by atoms with E-state index in [9.17, 15) is 0 Å². The van der Waals surface area contributed by atoms with Gasteiger partial charge in [0.15, 0.2) is 0 Å². The molecule has 3 aromatic rings. The summed E-state index contributed by atoms with van der Waals surface area (Å²) in [5.41, 5.74) is 2.63. The van der Waals surface area contributed by atoms with Crippen LogP contribution in [0.1, 0.15) is 0 Å². The fraction of sp³-hybridized carbons (Fsp3) is 0.133. The number of methoxy groups -OCH3 is 2. The number of imidazole rings is 1. The molecule has 0 aliphatic carbocycles. The molecule has 0 fully saturated rings. The SMILES string of the molecule is COc1ccc(-c2nc3ccc(Cl)cc3[nH]2)c(OC)c1. The minimum absolute atomic E-state index is 0.675. The summed E-state index contributed by atoms with van der Waals surface area (Å²) in [7, 11) is 3.25. The summed E-state index contributed by atoms with van der Waals surface area (Å²) < 4.78 is 10.6. The van der Waals surface area contributed by atoms with Gasteiger partial charge in [-0.25, -0.2) is 4.98 Å². The quantitative estimate of drug-likeness (QED) is 0.795. The lowest BCUT2D eigenvalue weighted by atomic mass is 10.2. The average Bonchev–Trinajstić information content (AvgIpc) is 2.89. The monoisotopic (exact) mass is 288 g/mol. The van der Waals surface area contributed by atoms with Crippen LogP contribution in [0.2, 0.25) is 5.02 Å². The Morgan fingerprint density at radius 3 is 2.65 bits per heavy atom. The Morgan fingerprint density at radius 1 is 1.05 bits per heavy atom. The summed E-state index contributed by atoms with van der Waals surface area (Å²) in [4.78, 5) is 7.80. The number of H-pyrrole nitrogens is 1. The lowest BCUT2D eigenvalue weighted by Gasteiger charge is -2.08. The standard InChI is InChI=1S/C15H13ClN2O2/c1-19-10-4-5-11(14(8-10)20-2)15-17-12-6-3-9(16)7-13(12)18-15/h3-8H,1-2H3,(H,17,18). The first-order chi connectivity index (χ1) is 9.71. The molecular formula is C15H13ClN2O2. The summed E-state index contributed by atoms with van der Waals surface area (Å²) in [6.07, 6.45) is 0. The molecule has 1 N–H and O–H groups in total. The van der Waals surface area contributed by atoms with Crippen molar-refractivity contribution in [1.29, 1.82) is 0 Å². The molecule has 0 saturated heterocycles. The predicted octanol–water partition coefficient (Wildman–Crippen LogP) is 3.90. The first-order valence-electron chi connectivity index (χ1n) is 6.09. The number of fused-ring (bicyclic) bond motifs is 1. The third-order valence-electron chi connectivity index (χ3n) is 3.11. The number of aromatic nitrogens is 2. The van der Waals surface area contributed by atoms with Crippen molar-refractivity contribution < 1.29 is 9.47 Å². The summed E-state index contributed by atoms with van der Waals surface area (Å²) >= 11 is 5.98. The van der Waals surface area contributed by atoms with Gasteiger partial charge in [-0.15, -0.1) is 0 Å². The van der Waals surface area contributed by atoms with Gasteiger partial charge in [-0.3, -0.25) is 0 Å².